The number of likely N-dealkylation sites (tertiary alicyclic amines) is 1. The first-order chi connectivity index (χ1) is 12.8. The van der Waals surface area contributed by atoms with Gasteiger partial charge < -0.3 is 10.2 Å². The number of nitrogens with zero attached hydrogens (tertiary/aromatic N) is 4. The van der Waals surface area contributed by atoms with Gasteiger partial charge in [-0.1, -0.05) is 19.1 Å². The van der Waals surface area contributed by atoms with Gasteiger partial charge in [-0.15, -0.1) is 0 Å². The molecule has 0 atom stereocenters. The van der Waals surface area contributed by atoms with Crippen LogP contribution >= 0.6 is 0 Å². The first-order valence-corrected chi connectivity index (χ1v) is 9.43. The molecule has 4 rings (SSSR count). The van der Waals surface area contributed by atoms with Crippen molar-refractivity contribution in [2.24, 2.45) is 5.92 Å². The van der Waals surface area contributed by atoms with Crippen LogP contribution in [0.3, 0.4) is 0 Å². The molecule has 0 saturated carbocycles. The van der Waals surface area contributed by atoms with E-state index in [0.717, 1.165) is 41.3 Å². The molecule has 0 amide bonds. The third kappa shape index (κ3) is 3.83. The molecule has 0 unspecified atom stereocenters. The normalized spacial score (nSPS) is 16.0. The quantitative estimate of drug-likeness (QED) is 0.760. The van der Waals surface area contributed by atoms with Crippen molar-refractivity contribution in [3.8, 4) is 11.4 Å². The van der Waals surface area contributed by atoms with Crippen LogP contribution in [0.5, 0.6) is 0 Å². The van der Waals surface area contributed by atoms with Gasteiger partial charge in [0, 0.05) is 36.4 Å². The van der Waals surface area contributed by atoms with Crippen LogP contribution in [0.25, 0.3) is 22.3 Å². The molecule has 2 aromatic heterocycles. The van der Waals surface area contributed by atoms with Gasteiger partial charge in [0.1, 0.15) is 5.82 Å². The molecule has 26 heavy (non-hydrogen) atoms. The predicted octanol–water partition coefficient (Wildman–Crippen LogP) is 3.84. The fourth-order valence-corrected chi connectivity index (χ4v) is 3.45. The molecule has 1 saturated heterocycles. The maximum absolute atomic E-state index is 4.79. The standard InChI is InChI=1S/C21H25N5/c1-16-8-12-26(13-9-16)14-11-23-21-18-6-2-3-7-19(18)24-20(25-21)17-5-4-10-22-15-17/h2-7,10,15-16H,8-9,11-14H2,1H3,(H,23,24,25). The Bertz CT molecular complexity index is 857. The summed E-state index contributed by atoms with van der Waals surface area (Å²) in [4.78, 5) is 16.2. The molecule has 5 heteroatoms. The lowest BCUT2D eigenvalue weighted by molar-refractivity contribution is 0.199. The van der Waals surface area contributed by atoms with Gasteiger partial charge in [-0.2, -0.15) is 0 Å². The van der Waals surface area contributed by atoms with Crippen molar-refractivity contribution in [3.63, 3.8) is 0 Å². The Kier molecular flexibility index (Phi) is 5.07. The van der Waals surface area contributed by atoms with E-state index in [1.807, 2.05) is 36.5 Å². The lowest BCUT2D eigenvalue weighted by Gasteiger charge is -2.30. The van der Waals surface area contributed by atoms with E-state index >= 15 is 0 Å². The number of hydrogen-bond acceptors (Lipinski definition) is 5. The molecular weight excluding hydrogens is 322 g/mol. The van der Waals surface area contributed by atoms with Crippen molar-refractivity contribution in [3.05, 3.63) is 48.8 Å². The monoisotopic (exact) mass is 347 g/mol. The van der Waals surface area contributed by atoms with E-state index in [1.165, 1.54) is 25.9 Å². The second-order valence-electron chi connectivity index (χ2n) is 7.11. The molecule has 1 aromatic carbocycles. The van der Waals surface area contributed by atoms with Gasteiger partial charge >= 0.3 is 0 Å². The average molecular weight is 347 g/mol. The van der Waals surface area contributed by atoms with Crippen molar-refractivity contribution < 1.29 is 0 Å². The van der Waals surface area contributed by atoms with Crippen molar-refractivity contribution >= 4 is 16.7 Å². The van der Waals surface area contributed by atoms with Crippen LogP contribution < -0.4 is 5.32 Å². The Morgan fingerprint density at radius 3 is 2.73 bits per heavy atom. The van der Waals surface area contributed by atoms with Crippen molar-refractivity contribution in [2.45, 2.75) is 19.8 Å². The molecule has 0 bridgehead atoms. The van der Waals surface area contributed by atoms with Crippen LogP contribution in [0.2, 0.25) is 0 Å². The Morgan fingerprint density at radius 1 is 1.08 bits per heavy atom. The lowest BCUT2D eigenvalue weighted by atomic mass is 9.99. The topological polar surface area (TPSA) is 53.9 Å². The van der Waals surface area contributed by atoms with Gasteiger partial charge in [0.05, 0.1) is 5.52 Å². The van der Waals surface area contributed by atoms with Gasteiger partial charge in [-0.3, -0.25) is 4.98 Å². The summed E-state index contributed by atoms with van der Waals surface area (Å²) in [6.45, 7) is 6.69. The van der Waals surface area contributed by atoms with Gasteiger partial charge in [0.15, 0.2) is 5.82 Å². The Morgan fingerprint density at radius 2 is 1.92 bits per heavy atom. The third-order valence-corrected chi connectivity index (χ3v) is 5.12. The molecule has 1 aliphatic rings. The second kappa shape index (κ2) is 7.79. The van der Waals surface area contributed by atoms with Gasteiger partial charge in [0.25, 0.3) is 0 Å². The van der Waals surface area contributed by atoms with E-state index in [9.17, 15) is 0 Å². The highest BCUT2D eigenvalue weighted by atomic mass is 15.2. The van der Waals surface area contributed by atoms with Crippen LogP contribution in [0.4, 0.5) is 5.82 Å². The maximum Gasteiger partial charge on any atom is 0.163 e. The highest BCUT2D eigenvalue weighted by molar-refractivity contribution is 5.90. The summed E-state index contributed by atoms with van der Waals surface area (Å²) >= 11 is 0. The number of piperidine rings is 1. The zero-order valence-corrected chi connectivity index (χ0v) is 15.2. The minimum atomic E-state index is 0.714. The molecule has 0 aliphatic carbocycles. The van der Waals surface area contributed by atoms with Crippen LogP contribution in [-0.2, 0) is 0 Å². The van der Waals surface area contributed by atoms with Crippen LogP contribution in [0.15, 0.2) is 48.8 Å². The number of hydrogen-bond donors (Lipinski definition) is 1. The second-order valence-corrected chi connectivity index (χ2v) is 7.11. The predicted molar refractivity (Wildman–Crippen MR) is 106 cm³/mol. The number of benzene rings is 1. The number of anilines is 1. The molecule has 5 nitrogen and oxygen atoms in total. The zero-order chi connectivity index (χ0) is 17.8. The number of aromatic nitrogens is 3. The zero-order valence-electron chi connectivity index (χ0n) is 15.2. The SMILES string of the molecule is CC1CCN(CCNc2nc(-c3cccnc3)nc3ccccc23)CC1. The van der Waals surface area contributed by atoms with E-state index in [0.29, 0.717) is 5.82 Å². The average Bonchev–Trinajstić information content (AvgIpc) is 2.70. The molecule has 1 aliphatic heterocycles. The Balaban J connectivity index is 1.53. The van der Waals surface area contributed by atoms with E-state index < -0.39 is 0 Å². The first kappa shape index (κ1) is 16.9. The summed E-state index contributed by atoms with van der Waals surface area (Å²) in [6, 6.07) is 12.1. The summed E-state index contributed by atoms with van der Waals surface area (Å²) in [5, 5.41) is 4.61. The molecule has 134 valence electrons. The number of pyridine rings is 1. The largest absolute Gasteiger partial charge is 0.368 e. The summed E-state index contributed by atoms with van der Waals surface area (Å²) in [5.41, 5.74) is 1.89. The van der Waals surface area contributed by atoms with Crippen LogP contribution in [-0.4, -0.2) is 46.0 Å². The minimum Gasteiger partial charge on any atom is -0.368 e. The summed E-state index contributed by atoms with van der Waals surface area (Å²) < 4.78 is 0. The molecule has 0 spiro atoms. The number of rotatable bonds is 5. The minimum absolute atomic E-state index is 0.714. The van der Waals surface area contributed by atoms with E-state index in [1.54, 1.807) is 6.20 Å². The highest BCUT2D eigenvalue weighted by Crippen LogP contribution is 2.24. The van der Waals surface area contributed by atoms with Crippen molar-refractivity contribution in [1.82, 2.24) is 19.9 Å². The number of para-hydroxylation sites is 1. The molecule has 1 fully saturated rings. The third-order valence-electron chi connectivity index (χ3n) is 5.12. The number of fused-ring (bicyclic) bond motifs is 1. The lowest BCUT2D eigenvalue weighted by Crippen LogP contribution is -2.36. The van der Waals surface area contributed by atoms with Crippen molar-refractivity contribution in [2.75, 3.05) is 31.5 Å². The fourth-order valence-electron chi connectivity index (χ4n) is 3.45. The van der Waals surface area contributed by atoms with Gasteiger partial charge in [-0.25, -0.2) is 9.97 Å². The fraction of sp³-hybridized carbons (Fsp3) is 0.381. The molecule has 3 heterocycles. The van der Waals surface area contributed by atoms with Gasteiger partial charge in [-0.05, 0) is 56.1 Å². The van der Waals surface area contributed by atoms with Crippen molar-refractivity contribution in [1.29, 1.82) is 0 Å². The van der Waals surface area contributed by atoms with E-state index in [-0.39, 0.29) is 0 Å². The summed E-state index contributed by atoms with van der Waals surface area (Å²) in [5.74, 6) is 2.48. The van der Waals surface area contributed by atoms with Gasteiger partial charge in [0.2, 0.25) is 0 Å². The molecular formula is C21H25N5. The first-order valence-electron chi connectivity index (χ1n) is 9.43. The molecule has 0 radical (unpaired) electrons. The number of nitrogens with one attached hydrogen (secondary N) is 1. The Hall–Kier alpha value is -2.53. The smallest absolute Gasteiger partial charge is 0.163 e. The summed E-state index contributed by atoms with van der Waals surface area (Å²) in [7, 11) is 0. The molecule has 3 aromatic rings. The molecule has 1 N–H and O–H groups in total. The van der Waals surface area contributed by atoms with Crippen LogP contribution in [0, 0.1) is 5.92 Å². The van der Waals surface area contributed by atoms with Crippen LogP contribution in [0.1, 0.15) is 19.8 Å². The maximum atomic E-state index is 4.79. The Labute approximate surface area is 154 Å². The van der Waals surface area contributed by atoms with E-state index in [2.05, 4.69) is 28.2 Å². The summed E-state index contributed by atoms with van der Waals surface area (Å²) in [6.07, 6.45) is 6.19. The highest BCUT2D eigenvalue weighted by Gasteiger charge is 2.15. The van der Waals surface area contributed by atoms with E-state index in [4.69, 9.17) is 9.97 Å².